The third-order valence-electron chi connectivity index (χ3n) is 12.9. The van der Waals surface area contributed by atoms with Crippen LogP contribution in [-0.4, -0.2) is 9.97 Å². The smallest absolute Gasteiger partial charge is 0.187 e. The van der Waals surface area contributed by atoms with Gasteiger partial charge in [-0.1, -0.05) is 200 Å². The van der Waals surface area contributed by atoms with Gasteiger partial charge in [0.2, 0.25) is 0 Å². The highest BCUT2D eigenvalue weighted by Gasteiger charge is 2.52. The molecule has 0 bridgehead atoms. The third kappa shape index (κ3) is 5.81. The molecule has 2 aliphatic rings. The van der Waals surface area contributed by atoms with Crippen LogP contribution in [0.3, 0.4) is 0 Å². The molecule has 0 fully saturated rings. The van der Waals surface area contributed by atoms with Crippen molar-refractivity contribution in [1.82, 2.24) is 9.97 Å². The lowest BCUT2D eigenvalue weighted by atomic mass is 9.70. The first kappa shape index (κ1) is 36.4. The summed E-state index contributed by atoms with van der Waals surface area (Å²) in [7, 11) is 0. The monoisotopic (exact) mass is 799 g/mol. The summed E-state index contributed by atoms with van der Waals surface area (Å²) in [5.74, 6) is 0.660. The SMILES string of the molecule is [C-]#[N+]c1ccc2c(c1)-c1c(-c3ccc(-c4nc(-c5cccc(-c6ccccc6)c5)cc(-c5cccc(-c6ccccc6)c5)n4)cc3)cccc1C21c2ccccc2-c2ccccc21. The lowest BCUT2D eigenvalue weighted by Gasteiger charge is -2.30. The summed E-state index contributed by atoms with van der Waals surface area (Å²) in [6, 6.07) is 79.6. The number of benzene rings is 9. The van der Waals surface area contributed by atoms with Gasteiger partial charge < -0.3 is 0 Å². The minimum absolute atomic E-state index is 0.491. The fourth-order valence-corrected chi connectivity index (χ4v) is 10.1. The summed E-state index contributed by atoms with van der Waals surface area (Å²) in [4.78, 5) is 14.5. The number of rotatable bonds is 6. The van der Waals surface area contributed by atoms with Crippen LogP contribution in [0.25, 0.3) is 94.4 Å². The Hall–Kier alpha value is -8.45. The molecule has 3 nitrogen and oxygen atoms in total. The molecule has 0 N–H and O–H groups in total. The Labute approximate surface area is 367 Å². The Morgan fingerprint density at radius 2 is 0.778 bits per heavy atom. The summed E-state index contributed by atoms with van der Waals surface area (Å²) >= 11 is 0. The van der Waals surface area contributed by atoms with Crippen molar-refractivity contribution in [2.75, 3.05) is 0 Å². The van der Waals surface area contributed by atoms with Crippen LogP contribution in [-0.2, 0) is 5.41 Å². The van der Waals surface area contributed by atoms with Gasteiger partial charge in [0.15, 0.2) is 11.5 Å². The zero-order valence-corrected chi connectivity index (χ0v) is 34.2. The van der Waals surface area contributed by atoms with Crippen LogP contribution >= 0.6 is 0 Å². The molecule has 0 radical (unpaired) electrons. The second-order valence-electron chi connectivity index (χ2n) is 16.3. The molecule has 9 aromatic carbocycles. The fourth-order valence-electron chi connectivity index (χ4n) is 10.1. The maximum Gasteiger partial charge on any atom is 0.187 e. The topological polar surface area (TPSA) is 30.1 Å². The lowest BCUT2D eigenvalue weighted by Crippen LogP contribution is -2.25. The highest BCUT2D eigenvalue weighted by Crippen LogP contribution is 2.64. The molecule has 3 heteroatoms. The number of fused-ring (bicyclic) bond motifs is 10. The summed E-state index contributed by atoms with van der Waals surface area (Å²) in [5, 5.41) is 0. The van der Waals surface area contributed by atoms with Gasteiger partial charge in [0.25, 0.3) is 0 Å². The number of nitrogens with zero attached hydrogens (tertiary/aromatic N) is 3. The Bertz CT molecular complexity index is 3310. The molecule has 2 aliphatic carbocycles. The zero-order chi connectivity index (χ0) is 41.9. The van der Waals surface area contributed by atoms with Crippen LogP contribution in [0.2, 0.25) is 0 Å². The third-order valence-corrected chi connectivity index (χ3v) is 12.9. The first-order chi connectivity index (χ1) is 31.2. The standard InChI is InChI=1S/C60H37N3/c1-61-47-33-34-54-51(37-47)58-48(25-14-28-55(58)60(54)52-26-10-8-23-49(52)50-24-9-11-27-53(50)60)41-29-31-42(32-30-41)59-62-56(45-21-12-19-43(35-45)39-15-4-2-5-16-39)38-57(63-59)46-22-13-20-44(36-46)40-17-6-3-7-18-40/h2-38H. The molecular weight excluding hydrogens is 763 g/mol. The van der Waals surface area contributed by atoms with E-state index < -0.39 is 5.41 Å². The quantitative estimate of drug-likeness (QED) is 0.157. The first-order valence-corrected chi connectivity index (χ1v) is 21.3. The number of hydrogen-bond acceptors (Lipinski definition) is 2. The Balaban J connectivity index is 1.00. The Kier molecular flexibility index (Phi) is 8.45. The minimum Gasteiger partial charge on any atom is -0.238 e. The van der Waals surface area contributed by atoms with Crippen molar-refractivity contribution in [1.29, 1.82) is 0 Å². The normalized spacial score (nSPS) is 12.6. The Morgan fingerprint density at radius 3 is 1.37 bits per heavy atom. The molecule has 1 aromatic heterocycles. The summed E-state index contributed by atoms with van der Waals surface area (Å²) in [6.07, 6.45) is 0. The molecule has 0 amide bonds. The van der Waals surface area contributed by atoms with Crippen LogP contribution in [0.4, 0.5) is 5.69 Å². The van der Waals surface area contributed by atoms with Crippen molar-refractivity contribution < 1.29 is 0 Å². The van der Waals surface area contributed by atoms with Gasteiger partial charge in [0.1, 0.15) is 0 Å². The molecular formula is C60H37N3. The van der Waals surface area contributed by atoms with Crippen molar-refractivity contribution >= 4 is 5.69 Å². The van der Waals surface area contributed by atoms with Crippen LogP contribution in [0.5, 0.6) is 0 Å². The van der Waals surface area contributed by atoms with Gasteiger partial charge in [0.05, 0.1) is 23.4 Å². The minimum atomic E-state index is -0.491. The van der Waals surface area contributed by atoms with Crippen molar-refractivity contribution in [3.8, 4) is 89.5 Å². The highest BCUT2D eigenvalue weighted by atomic mass is 14.9. The van der Waals surface area contributed by atoms with E-state index in [1.165, 1.54) is 38.9 Å². The van der Waals surface area contributed by atoms with E-state index >= 15 is 0 Å². The summed E-state index contributed by atoms with van der Waals surface area (Å²) in [6.45, 7) is 8.00. The second kappa shape index (κ2) is 14.6. The van der Waals surface area contributed by atoms with Crippen molar-refractivity contribution in [2.24, 2.45) is 0 Å². The van der Waals surface area contributed by atoms with E-state index in [4.69, 9.17) is 16.5 Å². The first-order valence-electron chi connectivity index (χ1n) is 21.3. The molecule has 10 aromatic rings. The van der Waals surface area contributed by atoms with E-state index in [-0.39, 0.29) is 0 Å². The predicted octanol–water partition coefficient (Wildman–Crippen LogP) is 15.4. The van der Waals surface area contributed by atoms with Crippen LogP contribution in [0.15, 0.2) is 224 Å². The van der Waals surface area contributed by atoms with Gasteiger partial charge >= 0.3 is 0 Å². The molecule has 0 saturated heterocycles. The van der Waals surface area contributed by atoms with Gasteiger partial charge in [0, 0.05) is 16.7 Å². The molecule has 0 unspecified atom stereocenters. The second-order valence-corrected chi connectivity index (χ2v) is 16.3. The van der Waals surface area contributed by atoms with E-state index in [1.807, 2.05) is 18.2 Å². The zero-order valence-electron chi connectivity index (χ0n) is 34.2. The van der Waals surface area contributed by atoms with Gasteiger partial charge in [-0.2, -0.15) is 0 Å². The van der Waals surface area contributed by atoms with E-state index in [2.05, 4.69) is 211 Å². The number of aromatic nitrogens is 2. The van der Waals surface area contributed by atoms with Crippen LogP contribution in [0.1, 0.15) is 22.3 Å². The molecule has 12 rings (SSSR count). The highest BCUT2D eigenvalue weighted by molar-refractivity contribution is 6.00. The maximum absolute atomic E-state index is 8.00. The van der Waals surface area contributed by atoms with E-state index in [0.29, 0.717) is 11.5 Å². The van der Waals surface area contributed by atoms with Crippen molar-refractivity contribution in [3.05, 3.63) is 258 Å². The molecule has 0 atom stereocenters. The molecule has 0 aliphatic heterocycles. The van der Waals surface area contributed by atoms with E-state index in [0.717, 1.165) is 67.0 Å². The molecule has 63 heavy (non-hydrogen) atoms. The van der Waals surface area contributed by atoms with Gasteiger partial charge in [-0.3, -0.25) is 0 Å². The molecule has 1 heterocycles. The average molecular weight is 800 g/mol. The largest absolute Gasteiger partial charge is 0.238 e. The van der Waals surface area contributed by atoms with E-state index in [9.17, 15) is 0 Å². The Morgan fingerprint density at radius 1 is 0.317 bits per heavy atom. The molecule has 0 saturated carbocycles. The van der Waals surface area contributed by atoms with Gasteiger partial charge in [-0.05, 0) is 102 Å². The predicted molar refractivity (Wildman–Crippen MR) is 257 cm³/mol. The van der Waals surface area contributed by atoms with Gasteiger partial charge in [-0.15, -0.1) is 0 Å². The van der Waals surface area contributed by atoms with Gasteiger partial charge in [-0.25, -0.2) is 14.8 Å². The molecule has 292 valence electrons. The number of hydrogen-bond donors (Lipinski definition) is 0. The van der Waals surface area contributed by atoms with E-state index in [1.54, 1.807) is 0 Å². The molecule has 1 spiro atoms. The maximum atomic E-state index is 8.00. The fraction of sp³-hybridized carbons (Fsp3) is 0.0167. The van der Waals surface area contributed by atoms with Crippen LogP contribution < -0.4 is 0 Å². The summed E-state index contributed by atoms with van der Waals surface area (Å²) in [5.41, 5.74) is 21.5. The van der Waals surface area contributed by atoms with Crippen LogP contribution in [0, 0.1) is 6.57 Å². The van der Waals surface area contributed by atoms with Crippen molar-refractivity contribution in [2.45, 2.75) is 5.41 Å². The average Bonchev–Trinajstić information content (AvgIpc) is 3.84. The summed E-state index contributed by atoms with van der Waals surface area (Å²) < 4.78 is 0. The van der Waals surface area contributed by atoms with Crippen molar-refractivity contribution in [3.63, 3.8) is 0 Å². The lowest BCUT2D eigenvalue weighted by molar-refractivity contribution is 0.794.